The fourth-order valence-corrected chi connectivity index (χ4v) is 2.90. The van der Waals surface area contributed by atoms with E-state index >= 15 is 0 Å². The summed E-state index contributed by atoms with van der Waals surface area (Å²) < 4.78 is 6.31. The largest absolute Gasteiger partial charge is 0.490 e. The minimum atomic E-state index is 0.421. The van der Waals surface area contributed by atoms with Crippen LogP contribution >= 0.6 is 0 Å². The Morgan fingerprint density at radius 1 is 1.15 bits per heavy atom. The molecular weight excluding hydrogens is 246 g/mol. The zero-order chi connectivity index (χ0) is 14.2. The molecule has 0 radical (unpaired) electrons. The monoisotopic (exact) mass is 275 g/mol. The van der Waals surface area contributed by atoms with E-state index in [4.69, 9.17) is 4.74 Å². The summed E-state index contributed by atoms with van der Waals surface area (Å²) in [4.78, 5) is 0. The summed E-state index contributed by atoms with van der Waals surface area (Å²) in [6.45, 7) is 6.33. The van der Waals surface area contributed by atoms with Crippen LogP contribution in [0.2, 0.25) is 0 Å². The van der Waals surface area contributed by atoms with Crippen molar-refractivity contribution >= 4 is 0 Å². The second-order valence-electron chi connectivity index (χ2n) is 6.02. The van der Waals surface area contributed by atoms with Crippen LogP contribution in [0.1, 0.15) is 63.0 Å². The van der Waals surface area contributed by atoms with Gasteiger partial charge in [-0.15, -0.1) is 0 Å². The van der Waals surface area contributed by atoms with Crippen molar-refractivity contribution in [2.45, 2.75) is 71.4 Å². The molecule has 2 heteroatoms. The molecule has 1 N–H and O–H groups in total. The molecule has 0 saturated heterocycles. The van der Waals surface area contributed by atoms with Crippen LogP contribution in [0, 0.1) is 6.92 Å². The quantitative estimate of drug-likeness (QED) is 0.605. The summed E-state index contributed by atoms with van der Waals surface area (Å²) in [7, 11) is 0. The summed E-state index contributed by atoms with van der Waals surface area (Å²) in [5.74, 6) is 1.09. The van der Waals surface area contributed by atoms with E-state index < -0.39 is 0 Å². The molecule has 112 valence electrons. The average Bonchev–Trinajstić information content (AvgIpc) is 2.70. The molecular formula is C18H29NO. The lowest BCUT2D eigenvalue weighted by Gasteiger charge is -2.20. The van der Waals surface area contributed by atoms with E-state index in [9.17, 15) is 0 Å². The van der Waals surface area contributed by atoms with Gasteiger partial charge in [0, 0.05) is 12.1 Å². The number of hydrogen-bond donors (Lipinski definition) is 1. The van der Waals surface area contributed by atoms with Crippen molar-refractivity contribution in [3.05, 3.63) is 29.3 Å². The lowest BCUT2D eigenvalue weighted by atomic mass is 10.1. The molecule has 0 atom stereocenters. The molecule has 0 bridgehead atoms. The van der Waals surface area contributed by atoms with Crippen molar-refractivity contribution in [3.63, 3.8) is 0 Å². The van der Waals surface area contributed by atoms with Crippen LogP contribution < -0.4 is 10.1 Å². The van der Waals surface area contributed by atoms with Crippen LogP contribution in [-0.2, 0) is 6.54 Å². The van der Waals surface area contributed by atoms with Gasteiger partial charge in [-0.3, -0.25) is 0 Å². The Bertz CT molecular complexity index is 394. The summed E-state index contributed by atoms with van der Waals surface area (Å²) in [6, 6.07) is 6.58. The van der Waals surface area contributed by atoms with Crippen molar-refractivity contribution in [1.82, 2.24) is 5.32 Å². The second-order valence-corrected chi connectivity index (χ2v) is 6.02. The highest BCUT2D eigenvalue weighted by Crippen LogP contribution is 2.26. The molecule has 0 spiro atoms. The summed E-state index contributed by atoms with van der Waals surface area (Å²) in [5, 5.41) is 3.49. The first-order valence-electron chi connectivity index (χ1n) is 8.26. The van der Waals surface area contributed by atoms with E-state index in [-0.39, 0.29) is 0 Å². The Hall–Kier alpha value is -1.02. The van der Waals surface area contributed by atoms with Crippen molar-refractivity contribution in [3.8, 4) is 5.75 Å². The van der Waals surface area contributed by atoms with Gasteiger partial charge in [-0.1, -0.05) is 37.5 Å². The highest BCUT2D eigenvalue weighted by Gasteiger charge is 2.15. The smallest absolute Gasteiger partial charge is 0.124 e. The van der Waals surface area contributed by atoms with Crippen LogP contribution in [0.15, 0.2) is 18.2 Å². The van der Waals surface area contributed by atoms with Gasteiger partial charge in [0.05, 0.1) is 6.10 Å². The number of aryl methyl sites for hydroxylation is 1. The lowest BCUT2D eigenvalue weighted by molar-refractivity contribution is 0.181. The Balaban J connectivity index is 2.01. The van der Waals surface area contributed by atoms with Gasteiger partial charge in [-0.25, -0.2) is 0 Å². The first-order valence-corrected chi connectivity index (χ1v) is 8.26. The maximum absolute atomic E-state index is 6.31. The highest BCUT2D eigenvalue weighted by atomic mass is 16.5. The Labute approximate surface area is 123 Å². The van der Waals surface area contributed by atoms with Gasteiger partial charge in [0.15, 0.2) is 0 Å². The van der Waals surface area contributed by atoms with Gasteiger partial charge in [0.25, 0.3) is 0 Å². The van der Waals surface area contributed by atoms with Gasteiger partial charge < -0.3 is 10.1 Å². The number of hydrogen-bond acceptors (Lipinski definition) is 2. The zero-order valence-electron chi connectivity index (χ0n) is 13.1. The topological polar surface area (TPSA) is 21.3 Å². The Morgan fingerprint density at radius 3 is 2.60 bits per heavy atom. The third-order valence-corrected chi connectivity index (χ3v) is 4.05. The van der Waals surface area contributed by atoms with Crippen LogP contribution in [0.5, 0.6) is 5.75 Å². The fourth-order valence-electron chi connectivity index (χ4n) is 2.90. The van der Waals surface area contributed by atoms with Crippen LogP contribution in [0.3, 0.4) is 0 Å². The van der Waals surface area contributed by atoms with E-state index in [1.165, 1.54) is 56.1 Å². The molecule has 0 aliphatic heterocycles. The van der Waals surface area contributed by atoms with Crippen LogP contribution in [-0.4, -0.2) is 12.6 Å². The fraction of sp³-hybridized carbons (Fsp3) is 0.667. The predicted molar refractivity (Wildman–Crippen MR) is 85.3 cm³/mol. The van der Waals surface area contributed by atoms with Gasteiger partial charge in [0.2, 0.25) is 0 Å². The first-order chi connectivity index (χ1) is 9.79. The zero-order valence-corrected chi connectivity index (χ0v) is 13.1. The molecule has 0 unspecified atom stereocenters. The molecule has 20 heavy (non-hydrogen) atoms. The number of ether oxygens (including phenoxy) is 1. The second kappa shape index (κ2) is 8.31. The first kappa shape index (κ1) is 15.4. The molecule has 0 heterocycles. The Kier molecular flexibility index (Phi) is 6.38. The average molecular weight is 275 g/mol. The number of rotatable bonds is 6. The third kappa shape index (κ3) is 4.82. The summed E-state index contributed by atoms with van der Waals surface area (Å²) in [5.41, 5.74) is 2.62. The molecule has 0 aromatic heterocycles. The van der Waals surface area contributed by atoms with Crippen molar-refractivity contribution in [2.75, 3.05) is 6.54 Å². The molecule has 1 saturated carbocycles. The molecule has 2 rings (SSSR count). The minimum Gasteiger partial charge on any atom is -0.490 e. The van der Waals surface area contributed by atoms with Gasteiger partial charge in [-0.05, 0) is 51.6 Å². The number of nitrogens with one attached hydrogen (secondary N) is 1. The number of benzene rings is 1. The van der Waals surface area contributed by atoms with Crippen LogP contribution in [0.25, 0.3) is 0 Å². The van der Waals surface area contributed by atoms with Crippen molar-refractivity contribution in [2.24, 2.45) is 0 Å². The van der Waals surface area contributed by atoms with E-state index in [0.29, 0.717) is 6.10 Å². The van der Waals surface area contributed by atoms with Crippen molar-refractivity contribution < 1.29 is 4.74 Å². The molecule has 0 amide bonds. The van der Waals surface area contributed by atoms with Crippen LogP contribution in [0.4, 0.5) is 0 Å². The summed E-state index contributed by atoms with van der Waals surface area (Å²) >= 11 is 0. The molecule has 1 aliphatic rings. The van der Waals surface area contributed by atoms with E-state index in [0.717, 1.165) is 18.8 Å². The lowest BCUT2D eigenvalue weighted by Crippen LogP contribution is -2.19. The predicted octanol–water partition coefficient (Wildman–Crippen LogP) is 4.60. The van der Waals surface area contributed by atoms with Gasteiger partial charge in [-0.2, -0.15) is 0 Å². The summed E-state index contributed by atoms with van der Waals surface area (Å²) in [6.07, 6.45) is 9.41. The van der Waals surface area contributed by atoms with Gasteiger partial charge >= 0.3 is 0 Å². The van der Waals surface area contributed by atoms with E-state index in [2.05, 4.69) is 37.4 Å². The molecule has 1 fully saturated rings. The maximum Gasteiger partial charge on any atom is 0.124 e. The molecule has 2 nitrogen and oxygen atoms in total. The molecule has 1 aliphatic carbocycles. The highest BCUT2D eigenvalue weighted by molar-refractivity contribution is 5.37. The maximum atomic E-state index is 6.31. The van der Waals surface area contributed by atoms with E-state index in [1.54, 1.807) is 0 Å². The SMILES string of the molecule is CCCNCc1cc(C)ccc1OC1CCCCCC1. The standard InChI is InChI=1S/C18H29NO/c1-3-12-19-14-16-13-15(2)10-11-18(16)20-17-8-6-4-5-7-9-17/h10-11,13,17,19H,3-9,12,14H2,1-2H3. The molecule has 1 aromatic rings. The minimum absolute atomic E-state index is 0.421. The Morgan fingerprint density at radius 2 is 1.90 bits per heavy atom. The normalized spacial score (nSPS) is 16.9. The van der Waals surface area contributed by atoms with Gasteiger partial charge in [0.1, 0.15) is 5.75 Å². The van der Waals surface area contributed by atoms with Crippen molar-refractivity contribution in [1.29, 1.82) is 0 Å². The van der Waals surface area contributed by atoms with E-state index in [1.807, 2.05) is 0 Å². The molecule has 1 aromatic carbocycles. The third-order valence-electron chi connectivity index (χ3n) is 4.05.